The molecule has 318 valence electrons. The molecular formula is C63H40N4O. The predicted octanol–water partition coefficient (Wildman–Crippen LogP) is 15.6. The van der Waals surface area contributed by atoms with Crippen molar-refractivity contribution in [3.8, 4) is 45.0 Å². The van der Waals surface area contributed by atoms with E-state index < -0.39 is 0 Å². The van der Waals surface area contributed by atoms with E-state index in [4.69, 9.17) is 0 Å². The van der Waals surface area contributed by atoms with Gasteiger partial charge in [0.1, 0.15) is 0 Å². The first-order valence-corrected chi connectivity index (χ1v) is 23.1. The van der Waals surface area contributed by atoms with Crippen molar-refractivity contribution in [1.29, 1.82) is 0 Å². The Balaban J connectivity index is 1.04. The molecule has 10 aromatic carbocycles. The SMILES string of the molecule is O=c1c2c3cc(-c4ccc5c(c4)c4ccccc4n5-c4ccccc4)ccc3n(-c3ccccc3)c2c2cc(-c3ccc4c(c3)c3ccccc3n4-c3ccccc3)ccc2n1-c1ccccc1. The molecule has 0 spiro atoms. The molecule has 0 bridgehead atoms. The minimum atomic E-state index is -0.0557. The quantitative estimate of drug-likeness (QED) is 0.164. The van der Waals surface area contributed by atoms with Gasteiger partial charge < -0.3 is 13.7 Å². The molecule has 5 nitrogen and oxygen atoms in total. The van der Waals surface area contributed by atoms with Crippen LogP contribution in [-0.2, 0) is 0 Å². The van der Waals surface area contributed by atoms with Crippen LogP contribution in [0.15, 0.2) is 247 Å². The minimum absolute atomic E-state index is 0.0557. The summed E-state index contributed by atoms with van der Waals surface area (Å²) in [5.41, 5.74) is 15.7. The van der Waals surface area contributed by atoms with Gasteiger partial charge in [0.2, 0.25) is 0 Å². The topological polar surface area (TPSA) is 36.8 Å². The van der Waals surface area contributed by atoms with Crippen LogP contribution in [0, 0.1) is 0 Å². The molecule has 0 amide bonds. The second kappa shape index (κ2) is 14.9. The number of benzene rings is 10. The van der Waals surface area contributed by atoms with Crippen LogP contribution in [0.3, 0.4) is 0 Å². The van der Waals surface area contributed by atoms with Gasteiger partial charge in [-0.1, -0.05) is 133 Å². The van der Waals surface area contributed by atoms with Gasteiger partial charge in [0, 0.05) is 55.1 Å². The van der Waals surface area contributed by atoms with E-state index in [1.54, 1.807) is 0 Å². The summed E-state index contributed by atoms with van der Waals surface area (Å²) in [6.45, 7) is 0. The molecule has 4 heterocycles. The van der Waals surface area contributed by atoms with Gasteiger partial charge in [0.25, 0.3) is 5.56 Å². The minimum Gasteiger partial charge on any atom is -0.309 e. The van der Waals surface area contributed by atoms with Crippen molar-refractivity contribution in [2.45, 2.75) is 0 Å². The third-order valence-electron chi connectivity index (χ3n) is 13.9. The summed E-state index contributed by atoms with van der Waals surface area (Å²) in [6, 6.07) is 85.8. The highest BCUT2D eigenvalue weighted by atomic mass is 16.1. The molecule has 0 N–H and O–H groups in total. The van der Waals surface area contributed by atoms with Gasteiger partial charge in [-0.15, -0.1) is 0 Å². The molecular weight excluding hydrogens is 829 g/mol. The molecule has 0 saturated heterocycles. The number of aromatic nitrogens is 4. The molecule has 0 fully saturated rings. The van der Waals surface area contributed by atoms with Crippen LogP contribution in [0.4, 0.5) is 0 Å². The molecule has 0 aliphatic carbocycles. The Labute approximate surface area is 390 Å². The number of fused-ring (bicyclic) bond motifs is 11. The number of rotatable bonds is 6. The van der Waals surface area contributed by atoms with Crippen molar-refractivity contribution >= 4 is 76.3 Å². The lowest BCUT2D eigenvalue weighted by atomic mass is 9.99. The summed E-state index contributed by atoms with van der Waals surface area (Å²) < 4.78 is 8.90. The van der Waals surface area contributed by atoms with Crippen LogP contribution in [-0.4, -0.2) is 18.3 Å². The van der Waals surface area contributed by atoms with E-state index in [1.165, 1.54) is 32.6 Å². The van der Waals surface area contributed by atoms with E-state index in [0.717, 1.165) is 83.4 Å². The van der Waals surface area contributed by atoms with Crippen molar-refractivity contribution in [3.63, 3.8) is 0 Å². The summed E-state index contributed by atoms with van der Waals surface area (Å²) in [4.78, 5) is 15.6. The molecule has 0 aliphatic heterocycles. The van der Waals surface area contributed by atoms with Crippen molar-refractivity contribution in [1.82, 2.24) is 18.3 Å². The highest BCUT2D eigenvalue weighted by Gasteiger charge is 2.23. The number of nitrogens with zero attached hydrogens (tertiary/aromatic N) is 4. The highest BCUT2D eigenvalue weighted by molar-refractivity contribution is 6.19. The van der Waals surface area contributed by atoms with E-state index in [1.807, 2.05) is 41.0 Å². The van der Waals surface area contributed by atoms with E-state index in [9.17, 15) is 0 Å². The normalized spacial score (nSPS) is 11.9. The molecule has 68 heavy (non-hydrogen) atoms. The van der Waals surface area contributed by atoms with E-state index in [-0.39, 0.29) is 5.56 Å². The lowest BCUT2D eigenvalue weighted by molar-refractivity contribution is 1.06. The molecule has 0 aliphatic rings. The maximum absolute atomic E-state index is 15.6. The second-order valence-corrected chi connectivity index (χ2v) is 17.7. The number of pyridine rings is 1. The van der Waals surface area contributed by atoms with Crippen molar-refractivity contribution in [3.05, 3.63) is 253 Å². The monoisotopic (exact) mass is 868 g/mol. The fraction of sp³-hybridized carbons (Fsp3) is 0. The largest absolute Gasteiger partial charge is 0.309 e. The standard InChI is InChI=1S/C63H40N4O/c68-63-61-53-39-43(41-29-33-57-51(37-41)49-25-13-15-27-55(49)64(57)45-17-5-1-6-18-45)31-35-59(53)66(47-21-9-3-10-22-47)62(61)54-40-44(32-36-60(54)67(63)48-23-11-4-12-24-48)42-30-34-58-52(38-42)50-26-14-16-28-56(50)65(58)46-19-7-2-8-20-46/h1-40H. The maximum atomic E-state index is 15.6. The molecule has 0 atom stereocenters. The van der Waals surface area contributed by atoms with Crippen molar-refractivity contribution < 1.29 is 0 Å². The fourth-order valence-corrected chi connectivity index (χ4v) is 11.0. The van der Waals surface area contributed by atoms with Gasteiger partial charge in [0.05, 0.1) is 44.0 Å². The van der Waals surface area contributed by atoms with Gasteiger partial charge in [-0.25, -0.2) is 0 Å². The zero-order chi connectivity index (χ0) is 44.9. The zero-order valence-electron chi connectivity index (χ0n) is 36.8. The predicted molar refractivity (Wildman–Crippen MR) is 283 cm³/mol. The Kier molecular flexibility index (Phi) is 8.37. The van der Waals surface area contributed by atoms with Crippen LogP contribution in [0.5, 0.6) is 0 Å². The summed E-state index contributed by atoms with van der Waals surface area (Å²) in [6.07, 6.45) is 0. The summed E-state index contributed by atoms with van der Waals surface area (Å²) in [7, 11) is 0. The molecule has 4 aromatic heterocycles. The molecule has 5 heteroatoms. The lowest BCUT2D eigenvalue weighted by Crippen LogP contribution is -2.19. The third-order valence-corrected chi connectivity index (χ3v) is 13.9. The van der Waals surface area contributed by atoms with Crippen LogP contribution in [0.25, 0.3) is 121 Å². The first-order valence-electron chi connectivity index (χ1n) is 23.1. The number of hydrogen-bond donors (Lipinski definition) is 0. The average Bonchev–Trinajstić information content (AvgIpc) is 4.05. The van der Waals surface area contributed by atoms with E-state index in [0.29, 0.717) is 5.39 Å². The Bertz CT molecular complexity index is 4370. The van der Waals surface area contributed by atoms with Crippen molar-refractivity contribution in [2.75, 3.05) is 0 Å². The van der Waals surface area contributed by atoms with E-state index in [2.05, 4.69) is 220 Å². The summed E-state index contributed by atoms with van der Waals surface area (Å²) in [5, 5.41) is 7.35. The van der Waals surface area contributed by atoms with Crippen LogP contribution >= 0.6 is 0 Å². The average molecular weight is 869 g/mol. The third kappa shape index (κ3) is 5.66. The zero-order valence-corrected chi connectivity index (χ0v) is 36.8. The van der Waals surface area contributed by atoms with Crippen LogP contribution in [0.2, 0.25) is 0 Å². The molecule has 0 saturated carbocycles. The smallest absolute Gasteiger partial charge is 0.265 e. The number of para-hydroxylation sites is 6. The van der Waals surface area contributed by atoms with Crippen molar-refractivity contribution in [2.24, 2.45) is 0 Å². The Morgan fingerprint density at radius 1 is 0.235 bits per heavy atom. The second-order valence-electron chi connectivity index (χ2n) is 17.7. The number of hydrogen-bond acceptors (Lipinski definition) is 1. The molecule has 0 unspecified atom stereocenters. The van der Waals surface area contributed by atoms with Gasteiger partial charge in [-0.3, -0.25) is 9.36 Å². The molecule has 14 rings (SSSR count). The van der Waals surface area contributed by atoms with E-state index >= 15 is 4.79 Å². The first-order chi connectivity index (χ1) is 33.7. The van der Waals surface area contributed by atoms with Gasteiger partial charge in [0.15, 0.2) is 0 Å². The summed E-state index contributed by atoms with van der Waals surface area (Å²) in [5.74, 6) is 0. The van der Waals surface area contributed by atoms with Gasteiger partial charge in [-0.05, 0) is 131 Å². The Morgan fingerprint density at radius 2 is 0.544 bits per heavy atom. The van der Waals surface area contributed by atoms with Crippen LogP contribution < -0.4 is 5.56 Å². The fourth-order valence-electron chi connectivity index (χ4n) is 11.0. The summed E-state index contributed by atoms with van der Waals surface area (Å²) >= 11 is 0. The molecule has 14 aromatic rings. The van der Waals surface area contributed by atoms with Gasteiger partial charge >= 0.3 is 0 Å². The maximum Gasteiger partial charge on any atom is 0.265 e. The highest BCUT2D eigenvalue weighted by Crippen LogP contribution is 2.42. The Morgan fingerprint density at radius 3 is 0.985 bits per heavy atom. The Hall–Kier alpha value is -9.19. The van der Waals surface area contributed by atoms with Crippen LogP contribution in [0.1, 0.15) is 0 Å². The van der Waals surface area contributed by atoms with Gasteiger partial charge in [-0.2, -0.15) is 0 Å². The first kappa shape index (κ1) is 38.1. The molecule has 0 radical (unpaired) electrons. The lowest BCUT2D eigenvalue weighted by Gasteiger charge is -2.15.